The molecule has 0 saturated carbocycles. The van der Waals surface area contributed by atoms with Crippen LogP contribution in [0.25, 0.3) is 0 Å². The van der Waals surface area contributed by atoms with Crippen molar-refractivity contribution in [3.63, 3.8) is 0 Å². The minimum atomic E-state index is -1.49. The summed E-state index contributed by atoms with van der Waals surface area (Å²) in [4.78, 5) is 27.8. The van der Waals surface area contributed by atoms with Gasteiger partial charge in [-0.1, -0.05) is 50.0 Å². The maximum Gasteiger partial charge on any atom is 0.237 e. The molecule has 7 nitrogen and oxygen atoms in total. The van der Waals surface area contributed by atoms with E-state index in [1.54, 1.807) is 0 Å². The van der Waals surface area contributed by atoms with Gasteiger partial charge in [-0.05, 0) is 53.6 Å². The number of carbonyl (C=O) groups is 2. The summed E-state index contributed by atoms with van der Waals surface area (Å²) in [5.74, 6) is -3.18. The molecule has 6 atom stereocenters. The number of aliphatic hydroxyl groups excluding tert-OH is 3. The first-order chi connectivity index (χ1) is 18.2. The molecule has 2 aromatic rings. The highest BCUT2D eigenvalue weighted by atomic mass is 35.5. The Morgan fingerprint density at radius 3 is 2.36 bits per heavy atom. The van der Waals surface area contributed by atoms with Crippen molar-refractivity contribution in [1.29, 1.82) is 0 Å². The first-order valence-corrected chi connectivity index (χ1v) is 13.5. The smallest absolute Gasteiger partial charge is 0.237 e. The van der Waals surface area contributed by atoms with E-state index in [1.807, 2.05) is 20.8 Å². The fourth-order valence-electron chi connectivity index (χ4n) is 5.95. The third kappa shape index (κ3) is 5.45. The molecule has 1 amide bonds. The van der Waals surface area contributed by atoms with Crippen molar-refractivity contribution in [3.8, 4) is 0 Å². The molecular formula is C28H32Cl2F2N2O5. The second-order valence-corrected chi connectivity index (χ2v) is 12.4. The monoisotopic (exact) mass is 584 g/mol. The summed E-state index contributed by atoms with van der Waals surface area (Å²) in [6.07, 6.45) is -2.68. The second-order valence-electron chi connectivity index (χ2n) is 11.6. The Bertz CT molecular complexity index is 1290. The third-order valence-corrected chi connectivity index (χ3v) is 8.25. The summed E-state index contributed by atoms with van der Waals surface area (Å²) >= 11 is 12.2. The van der Waals surface area contributed by atoms with Crippen molar-refractivity contribution in [2.24, 2.45) is 5.41 Å². The summed E-state index contributed by atoms with van der Waals surface area (Å²) < 4.78 is 29.1. The summed E-state index contributed by atoms with van der Waals surface area (Å²) in [7, 11) is 0. The van der Waals surface area contributed by atoms with Crippen LogP contribution in [0.1, 0.15) is 57.1 Å². The van der Waals surface area contributed by atoms with Crippen LogP contribution in [0.5, 0.6) is 0 Å². The van der Waals surface area contributed by atoms with Gasteiger partial charge in [0.15, 0.2) is 5.78 Å². The average molecular weight is 585 g/mol. The zero-order valence-corrected chi connectivity index (χ0v) is 23.3. The predicted octanol–water partition coefficient (Wildman–Crippen LogP) is 4.09. The molecule has 11 heteroatoms. The topological polar surface area (TPSA) is 119 Å². The maximum absolute atomic E-state index is 14.9. The van der Waals surface area contributed by atoms with Crippen LogP contribution in [-0.2, 0) is 15.0 Å². The van der Waals surface area contributed by atoms with Crippen LogP contribution in [0.3, 0.4) is 0 Å². The predicted molar refractivity (Wildman–Crippen MR) is 144 cm³/mol. The summed E-state index contributed by atoms with van der Waals surface area (Å²) in [6.45, 7) is 5.26. The molecule has 0 aromatic heterocycles. The molecule has 1 fully saturated rings. The number of halogens is 4. The van der Waals surface area contributed by atoms with E-state index in [2.05, 4.69) is 10.6 Å². The largest absolute Gasteiger partial charge is 0.394 e. The lowest BCUT2D eigenvalue weighted by atomic mass is 9.62. The Morgan fingerprint density at radius 2 is 1.74 bits per heavy atom. The lowest BCUT2D eigenvalue weighted by Gasteiger charge is -2.37. The molecule has 2 heterocycles. The van der Waals surface area contributed by atoms with Crippen molar-refractivity contribution in [2.75, 3.05) is 11.9 Å². The van der Waals surface area contributed by atoms with Crippen LogP contribution in [0, 0.1) is 17.0 Å². The highest BCUT2D eigenvalue weighted by molar-refractivity contribution is 6.31. The fraction of sp³-hybridized carbons (Fsp3) is 0.500. The highest BCUT2D eigenvalue weighted by Gasteiger charge is 2.65. The number of hydrogen-bond acceptors (Lipinski definition) is 6. The van der Waals surface area contributed by atoms with Crippen molar-refractivity contribution in [3.05, 3.63) is 63.1 Å². The number of ketones is 1. The minimum absolute atomic E-state index is 0.139. The van der Waals surface area contributed by atoms with E-state index in [0.29, 0.717) is 23.2 Å². The van der Waals surface area contributed by atoms with Gasteiger partial charge < -0.3 is 26.0 Å². The number of anilines is 1. The van der Waals surface area contributed by atoms with Gasteiger partial charge in [0.2, 0.25) is 5.91 Å². The Balaban J connectivity index is 1.91. The van der Waals surface area contributed by atoms with Crippen LogP contribution in [0.15, 0.2) is 30.3 Å². The highest BCUT2D eigenvalue weighted by Crippen LogP contribution is 2.57. The van der Waals surface area contributed by atoms with Crippen molar-refractivity contribution >= 4 is 40.6 Å². The first kappa shape index (κ1) is 29.8. The molecule has 2 aliphatic rings. The number of fused-ring (bicyclic) bond motifs is 2. The van der Waals surface area contributed by atoms with Crippen LogP contribution < -0.4 is 10.6 Å². The van der Waals surface area contributed by atoms with E-state index in [9.17, 15) is 28.6 Å². The second kappa shape index (κ2) is 11.0. The van der Waals surface area contributed by atoms with Gasteiger partial charge in [0.05, 0.1) is 28.8 Å². The number of aliphatic hydroxyl groups is 3. The molecule has 0 bridgehead atoms. The van der Waals surface area contributed by atoms with Gasteiger partial charge in [-0.15, -0.1) is 0 Å². The molecule has 0 unspecified atom stereocenters. The molecule has 1 spiro atoms. The number of amides is 1. The molecule has 5 N–H and O–H groups in total. The number of rotatable bonds is 8. The Kier molecular flexibility index (Phi) is 8.44. The molecule has 212 valence electrons. The lowest BCUT2D eigenvalue weighted by Crippen LogP contribution is -2.49. The van der Waals surface area contributed by atoms with E-state index >= 15 is 0 Å². The molecule has 1 saturated heterocycles. The fourth-order valence-corrected chi connectivity index (χ4v) is 6.30. The van der Waals surface area contributed by atoms with E-state index in [-0.39, 0.29) is 34.1 Å². The minimum Gasteiger partial charge on any atom is -0.394 e. The molecule has 39 heavy (non-hydrogen) atoms. The SMILES string of the molecule is CC(C)(C)C[C@H]1N[C@@H](C(=O)CC[C@H](O)[C@H](O)CO)[C@H](c2ccc(F)c(Cl)c2)[C@@]12C(=O)Nc1cc(Cl)c(F)cc12. The molecule has 0 radical (unpaired) electrons. The molecule has 4 rings (SSSR count). The number of Topliss-reactive ketones (excluding diaryl/α,β-unsaturated/α-hetero) is 1. The van der Waals surface area contributed by atoms with Crippen LogP contribution in [0.4, 0.5) is 14.5 Å². The van der Waals surface area contributed by atoms with Gasteiger partial charge in [-0.2, -0.15) is 0 Å². The Hall–Kier alpha value is -2.14. The molecule has 2 aliphatic heterocycles. The molecule has 0 aliphatic carbocycles. The van der Waals surface area contributed by atoms with E-state index in [1.165, 1.54) is 24.3 Å². The normalized spacial score (nSPS) is 26.0. The third-order valence-electron chi connectivity index (χ3n) is 7.67. The summed E-state index contributed by atoms with van der Waals surface area (Å²) in [5.41, 5.74) is -0.771. The Labute approximate surface area is 235 Å². The van der Waals surface area contributed by atoms with Gasteiger partial charge in [0, 0.05) is 24.1 Å². The maximum atomic E-state index is 14.9. The number of hydrogen-bond donors (Lipinski definition) is 5. The number of carbonyl (C=O) groups excluding carboxylic acids is 2. The summed E-state index contributed by atoms with van der Waals surface area (Å²) in [6, 6.07) is 4.86. The van der Waals surface area contributed by atoms with Gasteiger partial charge in [-0.25, -0.2) is 8.78 Å². The molecular weight excluding hydrogens is 553 g/mol. The van der Waals surface area contributed by atoms with E-state index in [0.717, 1.165) is 6.07 Å². The van der Waals surface area contributed by atoms with Gasteiger partial charge in [0.1, 0.15) is 23.2 Å². The zero-order valence-electron chi connectivity index (χ0n) is 21.8. The first-order valence-electron chi connectivity index (χ1n) is 12.7. The quantitative estimate of drug-likeness (QED) is 0.319. The summed E-state index contributed by atoms with van der Waals surface area (Å²) in [5, 5.41) is 34.8. The number of nitrogens with one attached hydrogen (secondary N) is 2. The van der Waals surface area contributed by atoms with E-state index in [4.69, 9.17) is 28.3 Å². The van der Waals surface area contributed by atoms with Crippen LogP contribution in [-0.4, -0.2) is 57.9 Å². The van der Waals surface area contributed by atoms with Crippen molar-refractivity contribution in [1.82, 2.24) is 5.32 Å². The number of benzene rings is 2. The van der Waals surface area contributed by atoms with Crippen LogP contribution in [0.2, 0.25) is 10.0 Å². The molecule has 2 aromatic carbocycles. The van der Waals surface area contributed by atoms with Gasteiger partial charge >= 0.3 is 0 Å². The van der Waals surface area contributed by atoms with E-state index < -0.39 is 59.8 Å². The van der Waals surface area contributed by atoms with Gasteiger partial charge in [0.25, 0.3) is 0 Å². The van der Waals surface area contributed by atoms with Crippen LogP contribution >= 0.6 is 23.2 Å². The van der Waals surface area contributed by atoms with Crippen molar-refractivity contribution in [2.45, 2.75) is 75.7 Å². The van der Waals surface area contributed by atoms with Crippen molar-refractivity contribution < 1.29 is 33.7 Å². The lowest BCUT2D eigenvalue weighted by molar-refractivity contribution is -0.123. The van der Waals surface area contributed by atoms with Gasteiger partial charge in [-0.3, -0.25) is 9.59 Å². The standard InChI is InChI=1S/C28H32Cl2F2N2O5/c1-27(2,3)11-23-28(14-9-18(32)16(30)10-19(14)33-26(28)39)24(13-4-5-17(31)15(29)8-13)25(34-23)21(37)7-6-20(36)22(38)12-35/h4-5,8-10,20,22-25,34-36,38H,6-7,11-12H2,1-3H3,(H,33,39)/t20-,22+,23+,24-,25-,28-/m0/s1. The Morgan fingerprint density at radius 1 is 1.08 bits per heavy atom. The zero-order chi connectivity index (χ0) is 28.9. The average Bonchev–Trinajstić information content (AvgIpc) is 3.33.